The van der Waals surface area contributed by atoms with Gasteiger partial charge in [0.05, 0.1) is 6.61 Å². The van der Waals surface area contributed by atoms with Crippen LogP contribution in [0.1, 0.15) is 27.7 Å². The highest BCUT2D eigenvalue weighted by Crippen LogP contribution is 2.03. The lowest BCUT2D eigenvalue weighted by atomic mass is 10.2. The van der Waals surface area contributed by atoms with Crippen LogP contribution in [-0.2, 0) is 14.3 Å². The van der Waals surface area contributed by atoms with E-state index in [1.165, 1.54) is 11.8 Å². The average molecular weight is 259 g/mol. The molecule has 0 spiro atoms. The van der Waals surface area contributed by atoms with E-state index in [1.807, 2.05) is 0 Å². The van der Waals surface area contributed by atoms with E-state index in [2.05, 4.69) is 5.32 Å². The number of hydrogen-bond acceptors (Lipinski definition) is 4. The lowest BCUT2D eigenvalue weighted by Crippen LogP contribution is -2.52. The number of urea groups is 1. The molecule has 104 valence electrons. The standard InChI is InChI=1S/C11H21N3O4/c1-5-18-9(15)6-14(7(2)3)10(16)8(4)13-11(12)17/h7-8H,5-6H2,1-4H3,(H3,12,13,17). The van der Waals surface area contributed by atoms with Crippen LogP contribution < -0.4 is 11.1 Å². The van der Waals surface area contributed by atoms with Crippen LogP contribution in [0.4, 0.5) is 4.79 Å². The van der Waals surface area contributed by atoms with E-state index >= 15 is 0 Å². The molecule has 0 aromatic rings. The van der Waals surface area contributed by atoms with E-state index in [0.29, 0.717) is 0 Å². The molecule has 0 heterocycles. The van der Waals surface area contributed by atoms with E-state index in [-0.39, 0.29) is 25.1 Å². The van der Waals surface area contributed by atoms with Crippen molar-refractivity contribution in [2.24, 2.45) is 5.73 Å². The topological polar surface area (TPSA) is 102 Å². The number of rotatable bonds is 6. The van der Waals surface area contributed by atoms with Gasteiger partial charge in [-0.2, -0.15) is 0 Å². The van der Waals surface area contributed by atoms with E-state index in [9.17, 15) is 14.4 Å². The average Bonchev–Trinajstić information content (AvgIpc) is 2.24. The summed E-state index contributed by atoms with van der Waals surface area (Å²) >= 11 is 0. The summed E-state index contributed by atoms with van der Waals surface area (Å²) in [5, 5.41) is 2.28. The molecular formula is C11H21N3O4. The van der Waals surface area contributed by atoms with E-state index in [0.717, 1.165) is 0 Å². The van der Waals surface area contributed by atoms with Gasteiger partial charge in [-0.3, -0.25) is 9.59 Å². The molecule has 0 aliphatic rings. The molecule has 0 bridgehead atoms. The zero-order chi connectivity index (χ0) is 14.3. The molecule has 0 radical (unpaired) electrons. The fraction of sp³-hybridized carbons (Fsp3) is 0.727. The lowest BCUT2D eigenvalue weighted by molar-refractivity contribution is -0.150. The molecule has 0 aromatic heterocycles. The number of nitrogens with one attached hydrogen (secondary N) is 1. The number of esters is 1. The van der Waals surface area contributed by atoms with Gasteiger partial charge in [-0.05, 0) is 27.7 Å². The monoisotopic (exact) mass is 259 g/mol. The summed E-state index contributed by atoms with van der Waals surface area (Å²) in [5.74, 6) is -0.859. The van der Waals surface area contributed by atoms with E-state index in [1.54, 1.807) is 20.8 Å². The highest BCUT2D eigenvalue weighted by molar-refractivity contribution is 5.88. The van der Waals surface area contributed by atoms with Gasteiger partial charge >= 0.3 is 12.0 Å². The number of hydrogen-bond donors (Lipinski definition) is 2. The van der Waals surface area contributed by atoms with Crippen molar-refractivity contribution in [1.82, 2.24) is 10.2 Å². The Morgan fingerprint density at radius 3 is 2.22 bits per heavy atom. The molecule has 0 saturated carbocycles. The van der Waals surface area contributed by atoms with Crippen molar-refractivity contribution < 1.29 is 19.1 Å². The molecule has 7 nitrogen and oxygen atoms in total. The molecule has 18 heavy (non-hydrogen) atoms. The van der Waals surface area contributed by atoms with Gasteiger partial charge in [-0.1, -0.05) is 0 Å². The summed E-state index contributed by atoms with van der Waals surface area (Å²) in [4.78, 5) is 35.4. The molecular weight excluding hydrogens is 238 g/mol. The maximum atomic E-state index is 12.0. The third-order valence-corrected chi connectivity index (χ3v) is 2.24. The number of nitrogens with two attached hydrogens (primary N) is 1. The fourth-order valence-corrected chi connectivity index (χ4v) is 1.38. The molecule has 1 unspecified atom stereocenters. The minimum atomic E-state index is -0.782. The van der Waals surface area contributed by atoms with Gasteiger partial charge in [-0.15, -0.1) is 0 Å². The van der Waals surface area contributed by atoms with Gasteiger partial charge in [0.25, 0.3) is 0 Å². The van der Waals surface area contributed by atoms with E-state index < -0.39 is 18.0 Å². The minimum absolute atomic E-state index is 0.144. The predicted molar refractivity (Wildman–Crippen MR) is 65.7 cm³/mol. The second kappa shape index (κ2) is 7.52. The van der Waals surface area contributed by atoms with Crippen LogP contribution in [0.2, 0.25) is 0 Å². The minimum Gasteiger partial charge on any atom is -0.465 e. The lowest BCUT2D eigenvalue weighted by Gasteiger charge is -2.28. The first-order chi connectivity index (χ1) is 8.29. The van der Waals surface area contributed by atoms with Crippen LogP contribution >= 0.6 is 0 Å². The molecule has 0 saturated heterocycles. The quantitative estimate of drug-likeness (QED) is 0.647. The van der Waals surface area contributed by atoms with Gasteiger partial charge in [0.2, 0.25) is 5.91 Å². The van der Waals surface area contributed by atoms with Crippen molar-refractivity contribution in [1.29, 1.82) is 0 Å². The molecule has 1 atom stereocenters. The molecule has 0 fully saturated rings. The summed E-state index contributed by atoms with van der Waals surface area (Å²) < 4.78 is 4.79. The number of carbonyl (C=O) groups is 3. The second-order valence-electron chi connectivity index (χ2n) is 4.10. The van der Waals surface area contributed by atoms with Crippen LogP contribution in [0.25, 0.3) is 0 Å². The van der Waals surface area contributed by atoms with Crippen molar-refractivity contribution in [3.8, 4) is 0 Å². The molecule has 0 rings (SSSR count). The van der Waals surface area contributed by atoms with Crippen molar-refractivity contribution in [2.75, 3.05) is 13.2 Å². The molecule has 0 aliphatic carbocycles. The zero-order valence-corrected chi connectivity index (χ0v) is 11.2. The molecule has 3 N–H and O–H groups in total. The SMILES string of the molecule is CCOC(=O)CN(C(=O)C(C)NC(N)=O)C(C)C. The first kappa shape index (κ1) is 16.2. The van der Waals surface area contributed by atoms with Gasteiger partial charge in [-0.25, -0.2) is 4.79 Å². The third-order valence-electron chi connectivity index (χ3n) is 2.24. The smallest absolute Gasteiger partial charge is 0.325 e. The Morgan fingerprint density at radius 1 is 1.28 bits per heavy atom. The zero-order valence-electron chi connectivity index (χ0n) is 11.2. The summed E-state index contributed by atoms with van der Waals surface area (Å²) in [6, 6.07) is -1.74. The van der Waals surface area contributed by atoms with Crippen LogP contribution in [0.15, 0.2) is 0 Å². The molecule has 0 aliphatic heterocycles. The largest absolute Gasteiger partial charge is 0.465 e. The Kier molecular flexibility index (Phi) is 6.77. The Hall–Kier alpha value is -1.79. The van der Waals surface area contributed by atoms with Crippen molar-refractivity contribution >= 4 is 17.9 Å². The molecule has 7 heteroatoms. The van der Waals surface area contributed by atoms with Crippen molar-refractivity contribution in [2.45, 2.75) is 39.8 Å². The van der Waals surface area contributed by atoms with Crippen molar-refractivity contribution in [3.05, 3.63) is 0 Å². The Morgan fingerprint density at radius 2 is 1.83 bits per heavy atom. The summed E-state index contributed by atoms with van der Waals surface area (Å²) in [6.45, 7) is 6.86. The predicted octanol–water partition coefficient (Wildman–Crippen LogP) is -0.157. The maximum absolute atomic E-state index is 12.0. The second-order valence-corrected chi connectivity index (χ2v) is 4.10. The first-order valence-corrected chi connectivity index (χ1v) is 5.81. The van der Waals surface area contributed by atoms with E-state index in [4.69, 9.17) is 10.5 Å². The summed E-state index contributed by atoms with van der Waals surface area (Å²) in [6.07, 6.45) is 0. The van der Waals surface area contributed by atoms with Gasteiger partial charge in [0.15, 0.2) is 0 Å². The molecule has 3 amide bonds. The van der Waals surface area contributed by atoms with Gasteiger partial charge in [0.1, 0.15) is 12.6 Å². The number of ether oxygens (including phenoxy) is 1. The highest BCUT2D eigenvalue weighted by atomic mass is 16.5. The number of nitrogens with zero attached hydrogens (tertiary/aromatic N) is 1. The normalized spacial score (nSPS) is 11.8. The Balaban J connectivity index is 4.63. The van der Waals surface area contributed by atoms with Crippen LogP contribution in [-0.4, -0.2) is 48.0 Å². The first-order valence-electron chi connectivity index (χ1n) is 5.81. The van der Waals surface area contributed by atoms with Crippen LogP contribution in [0.5, 0.6) is 0 Å². The third kappa shape index (κ3) is 5.51. The summed E-state index contributed by atoms with van der Waals surface area (Å²) in [5.41, 5.74) is 4.94. The van der Waals surface area contributed by atoms with Crippen molar-refractivity contribution in [3.63, 3.8) is 0 Å². The fourth-order valence-electron chi connectivity index (χ4n) is 1.38. The summed E-state index contributed by atoms with van der Waals surface area (Å²) in [7, 11) is 0. The van der Waals surface area contributed by atoms with Gasteiger partial charge < -0.3 is 20.7 Å². The maximum Gasteiger partial charge on any atom is 0.325 e. The Bertz CT molecular complexity index is 317. The highest BCUT2D eigenvalue weighted by Gasteiger charge is 2.25. The number of amides is 3. The number of carbonyl (C=O) groups excluding carboxylic acids is 3. The van der Waals surface area contributed by atoms with Crippen LogP contribution in [0.3, 0.4) is 0 Å². The number of primary amides is 1. The van der Waals surface area contributed by atoms with Gasteiger partial charge in [0, 0.05) is 6.04 Å². The molecule has 0 aromatic carbocycles. The van der Waals surface area contributed by atoms with Crippen LogP contribution in [0, 0.1) is 0 Å². The Labute approximate surface area is 107 Å².